The van der Waals surface area contributed by atoms with E-state index >= 15 is 0 Å². The second kappa shape index (κ2) is 12.5. The first kappa shape index (κ1) is 32.2. The van der Waals surface area contributed by atoms with Gasteiger partial charge in [-0.25, -0.2) is 9.97 Å². The number of rotatable bonds is 5. The summed E-state index contributed by atoms with van der Waals surface area (Å²) in [7, 11) is -2.97. The molecule has 7 aromatic carbocycles. The Kier molecular flexibility index (Phi) is 7.05. The number of imidazole rings is 1. The molecule has 0 fully saturated rings. The average Bonchev–Trinajstić information content (AvgIpc) is 3.93. The van der Waals surface area contributed by atoms with Gasteiger partial charge in [-0.3, -0.25) is 9.30 Å². The largest absolute Gasteiger partial charge is 0.457 e. The minimum Gasteiger partial charge on any atom is -0.457 e. The van der Waals surface area contributed by atoms with Gasteiger partial charge < -0.3 is 4.74 Å². The Morgan fingerprint density at radius 1 is 0.544 bits per heavy atom. The van der Waals surface area contributed by atoms with Crippen molar-refractivity contribution < 1.29 is 4.74 Å². The Morgan fingerprint density at radius 2 is 1.26 bits per heavy atom. The van der Waals surface area contributed by atoms with E-state index in [4.69, 9.17) is 14.7 Å². The van der Waals surface area contributed by atoms with E-state index in [1.807, 2.05) is 29.8 Å². The molecule has 1 aliphatic rings. The zero-order valence-corrected chi connectivity index (χ0v) is 32.4. The molecule has 0 saturated carbocycles. The van der Waals surface area contributed by atoms with E-state index in [1.165, 1.54) is 46.3 Å². The van der Waals surface area contributed by atoms with E-state index in [0.717, 1.165) is 50.6 Å². The first-order valence-corrected chi connectivity index (χ1v) is 22.0. The third-order valence-electron chi connectivity index (χ3n) is 11.6. The van der Waals surface area contributed by atoms with Crippen LogP contribution in [0.25, 0.3) is 47.5 Å². The summed E-state index contributed by atoms with van der Waals surface area (Å²) in [5, 5.41) is 11.2. The van der Waals surface area contributed by atoms with Gasteiger partial charge in [0.25, 0.3) is 0 Å². The molecule has 5 nitrogen and oxygen atoms in total. The van der Waals surface area contributed by atoms with Crippen LogP contribution in [0.1, 0.15) is 0 Å². The quantitative estimate of drug-likeness (QED) is 0.129. The molecule has 0 atom stereocenters. The van der Waals surface area contributed by atoms with Gasteiger partial charge in [0.15, 0.2) is 8.07 Å². The van der Waals surface area contributed by atoms with Crippen molar-refractivity contribution in [1.82, 2.24) is 14.4 Å². The molecular formula is C50H32N4OSSi. The molecule has 0 N–H and O–H groups in total. The molecule has 11 aromatic rings. The molecule has 0 aliphatic carbocycles. The highest BCUT2D eigenvalue weighted by atomic mass is 32.1. The summed E-state index contributed by atoms with van der Waals surface area (Å²) in [6, 6.07) is 63.4. The SMILES string of the molecule is c1ccc([Si]2(c3ccccc3)c3ccccc3N(c3cccc(Oc4ccc5c6ccccc6n6ccnc6c5c4)c3)c3ncc4sc5ccccc5c4c32)cc1. The molecule has 57 heavy (non-hydrogen) atoms. The number of aromatic nitrogens is 3. The number of nitrogens with zero attached hydrogens (tertiary/aromatic N) is 4. The fourth-order valence-corrected chi connectivity index (χ4v) is 15.8. The first-order valence-electron chi connectivity index (χ1n) is 19.1. The zero-order valence-electron chi connectivity index (χ0n) is 30.6. The summed E-state index contributed by atoms with van der Waals surface area (Å²) in [5.74, 6) is 2.46. The smallest absolute Gasteiger partial charge is 0.187 e. The lowest BCUT2D eigenvalue weighted by molar-refractivity contribution is 0.483. The van der Waals surface area contributed by atoms with Crippen LogP contribution < -0.4 is 30.4 Å². The fraction of sp³-hybridized carbons (Fsp3) is 0. The topological polar surface area (TPSA) is 42.7 Å². The number of para-hydroxylation sites is 2. The number of fused-ring (bicyclic) bond motifs is 12. The minimum absolute atomic E-state index is 0.744. The lowest BCUT2D eigenvalue weighted by atomic mass is 10.1. The van der Waals surface area contributed by atoms with Crippen LogP contribution in [-0.2, 0) is 0 Å². The highest BCUT2D eigenvalue weighted by Crippen LogP contribution is 2.43. The predicted molar refractivity (Wildman–Crippen MR) is 239 cm³/mol. The molecule has 0 amide bonds. The van der Waals surface area contributed by atoms with Gasteiger partial charge in [-0.15, -0.1) is 11.3 Å². The predicted octanol–water partition coefficient (Wildman–Crippen LogP) is 10.4. The molecule has 5 heterocycles. The van der Waals surface area contributed by atoms with Crippen molar-refractivity contribution in [2.75, 3.05) is 4.90 Å². The molecule has 1 aliphatic heterocycles. The first-order chi connectivity index (χ1) is 28.3. The van der Waals surface area contributed by atoms with Gasteiger partial charge in [-0.2, -0.15) is 0 Å². The molecule has 4 aromatic heterocycles. The van der Waals surface area contributed by atoms with Crippen molar-refractivity contribution in [3.8, 4) is 11.5 Å². The van der Waals surface area contributed by atoms with Crippen LogP contribution in [-0.4, -0.2) is 22.4 Å². The van der Waals surface area contributed by atoms with Crippen LogP contribution in [0.2, 0.25) is 0 Å². The third-order valence-corrected chi connectivity index (χ3v) is 17.5. The maximum atomic E-state index is 6.75. The van der Waals surface area contributed by atoms with Crippen molar-refractivity contribution in [3.05, 3.63) is 195 Å². The monoisotopic (exact) mass is 764 g/mol. The molecule has 0 unspecified atom stereocenters. The average molecular weight is 765 g/mol. The van der Waals surface area contributed by atoms with Crippen LogP contribution in [0, 0.1) is 0 Å². The maximum Gasteiger partial charge on any atom is 0.187 e. The maximum absolute atomic E-state index is 6.75. The van der Waals surface area contributed by atoms with Gasteiger partial charge in [0.1, 0.15) is 23.0 Å². The Bertz CT molecular complexity index is 3320. The molecule has 268 valence electrons. The fourth-order valence-electron chi connectivity index (χ4n) is 9.31. The minimum atomic E-state index is -2.97. The summed E-state index contributed by atoms with van der Waals surface area (Å²) >= 11 is 1.83. The van der Waals surface area contributed by atoms with E-state index < -0.39 is 8.07 Å². The number of hydrogen-bond donors (Lipinski definition) is 0. The van der Waals surface area contributed by atoms with Crippen LogP contribution in [0.15, 0.2) is 195 Å². The number of anilines is 3. The zero-order chi connectivity index (χ0) is 37.5. The number of benzene rings is 7. The molecule has 0 saturated heterocycles. The Hall–Kier alpha value is -7.06. The van der Waals surface area contributed by atoms with Crippen molar-refractivity contribution in [3.63, 3.8) is 0 Å². The molecule has 0 spiro atoms. The van der Waals surface area contributed by atoms with Gasteiger partial charge in [0.05, 0.1) is 15.9 Å². The number of thiophene rings is 1. The summed E-state index contributed by atoms with van der Waals surface area (Å²) in [6.07, 6.45) is 5.97. The molecule has 0 bridgehead atoms. The van der Waals surface area contributed by atoms with Crippen LogP contribution in [0.4, 0.5) is 17.2 Å². The summed E-state index contributed by atoms with van der Waals surface area (Å²) in [4.78, 5) is 12.6. The standard InChI is InChI=1S/C50H32N4OSSi/c1-3-16-36(17-4-1)57(37-18-5-2-6-19-37)46-25-12-10-23-43(46)54(50-48(57)47-40-21-8-11-24-44(40)56-45(47)32-52-50)33-14-13-15-34(30-33)55-35-26-27-38-39-20-7-9-22-42(39)53-29-28-51-49(53)41(38)31-35/h1-32H. The Balaban J connectivity index is 1.09. The van der Waals surface area contributed by atoms with Crippen LogP contribution in [0.5, 0.6) is 11.5 Å². The molecule has 12 rings (SSSR count). The van der Waals surface area contributed by atoms with E-state index in [2.05, 4.69) is 185 Å². The normalized spacial score (nSPS) is 13.4. The second-order valence-electron chi connectivity index (χ2n) is 14.6. The Morgan fingerprint density at radius 3 is 2.11 bits per heavy atom. The summed E-state index contributed by atoms with van der Waals surface area (Å²) in [5.41, 5.74) is 4.16. The third kappa shape index (κ3) is 4.67. The number of pyridine rings is 2. The molecule has 7 heteroatoms. The lowest BCUT2D eigenvalue weighted by Crippen LogP contribution is -2.77. The van der Waals surface area contributed by atoms with Crippen LogP contribution in [0.3, 0.4) is 0 Å². The van der Waals surface area contributed by atoms with Crippen molar-refractivity contribution in [2.24, 2.45) is 0 Å². The van der Waals surface area contributed by atoms with E-state index in [1.54, 1.807) is 0 Å². The van der Waals surface area contributed by atoms with Crippen molar-refractivity contribution in [1.29, 1.82) is 0 Å². The highest BCUT2D eigenvalue weighted by molar-refractivity contribution is 7.28. The lowest BCUT2D eigenvalue weighted by Gasteiger charge is -2.44. The number of ether oxygens (including phenoxy) is 1. The van der Waals surface area contributed by atoms with E-state index in [0.29, 0.717) is 0 Å². The van der Waals surface area contributed by atoms with Gasteiger partial charge in [-0.05, 0) is 69.5 Å². The van der Waals surface area contributed by atoms with Gasteiger partial charge in [-0.1, -0.05) is 121 Å². The number of hydrogen-bond acceptors (Lipinski definition) is 5. The van der Waals surface area contributed by atoms with E-state index in [9.17, 15) is 0 Å². The van der Waals surface area contributed by atoms with Crippen LogP contribution >= 0.6 is 11.3 Å². The molecule has 0 radical (unpaired) electrons. The van der Waals surface area contributed by atoms with Gasteiger partial charge in [0.2, 0.25) is 0 Å². The highest BCUT2D eigenvalue weighted by Gasteiger charge is 2.51. The van der Waals surface area contributed by atoms with Crippen molar-refractivity contribution >= 4 is 105 Å². The Labute approximate surface area is 333 Å². The summed E-state index contributed by atoms with van der Waals surface area (Å²) in [6.45, 7) is 0. The van der Waals surface area contributed by atoms with E-state index in [-0.39, 0.29) is 0 Å². The molecular weight excluding hydrogens is 733 g/mol. The van der Waals surface area contributed by atoms with Gasteiger partial charge >= 0.3 is 0 Å². The summed E-state index contributed by atoms with van der Waals surface area (Å²) < 4.78 is 11.4. The second-order valence-corrected chi connectivity index (χ2v) is 19.4. The van der Waals surface area contributed by atoms with Crippen molar-refractivity contribution in [2.45, 2.75) is 0 Å². The van der Waals surface area contributed by atoms with Gasteiger partial charge in [0, 0.05) is 61.8 Å².